The smallest absolute Gasteiger partial charge is 0.418 e. The van der Waals surface area contributed by atoms with Crippen LogP contribution in [0.3, 0.4) is 0 Å². The Bertz CT molecular complexity index is 923. The van der Waals surface area contributed by atoms with Crippen molar-refractivity contribution >= 4 is 17.1 Å². The van der Waals surface area contributed by atoms with E-state index in [1.807, 2.05) is 18.2 Å². The van der Waals surface area contributed by atoms with Crippen LogP contribution >= 0.6 is 0 Å². The van der Waals surface area contributed by atoms with E-state index in [-0.39, 0.29) is 11.1 Å². The van der Waals surface area contributed by atoms with Crippen LogP contribution in [0.5, 0.6) is 5.75 Å². The molecule has 1 N–H and O–H groups in total. The number of alkyl halides is 3. The number of halogens is 3. The number of hydrogen-bond donors (Lipinski definition) is 1. The molecule has 0 radical (unpaired) electrons. The number of anilines is 2. The zero-order chi connectivity index (χ0) is 22.1. The van der Waals surface area contributed by atoms with Gasteiger partial charge in [0.15, 0.2) is 0 Å². The summed E-state index contributed by atoms with van der Waals surface area (Å²) in [4.78, 5) is 1.80. The standard InChI is InChI=1S/C24H29F3N2O/c1-16(28-20-15-18(23(2,3)4)9-11-22(20)30-5)17-8-10-21(29-12-6-7-13-29)19(14-17)24(25,26)27/h8-11,14-15,28H,1,6-7,12-13H2,2-5H3. The van der Waals surface area contributed by atoms with E-state index >= 15 is 0 Å². The second-order valence-electron chi connectivity index (χ2n) is 8.69. The largest absolute Gasteiger partial charge is 0.495 e. The highest BCUT2D eigenvalue weighted by molar-refractivity contribution is 5.80. The molecule has 1 aliphatic heterocycles. The zero-order valence-corrected chi connectivity index (χ0v) is 18.0. The number of methoxy groups -OCH3 is 1. The number of nitrogens with zero attached hydrogens (tertiary/aromatic N) is 1. The van der Waals surface area contributed by atoms with Gasteiger partial charge in [-0.25, -0.2) is 0 Å². The fraction of sp³-hybridized carbons (Fsp3) is 0.417. The molecule has 1 aliphatic rings. The summed E-state index contributed by atoms with van der Waals surface area (Å²) in [6, 6.07) is 10.2. The number of ether oxygens (including phenoxy) is 1. The van der Waals surface area contributed by atoms with Crippen LogP contribution in [0.2, 0.25) is 0 Å². The van der Waals surface area contributed by atoms with Gasteiger partial charge in [0.05, 0.1) is 18.4 Å². The molecular weight excluding hydrogens is 389 g/mol. The fourth-order valence-corrected chi connectivity index (χ4v) is 3.69. The highest BCUT2D eigenvalue weighted by atomic mass is 19.4. The summed E-state index contributed by atoms with van der Waals surface area (Å²) in [5.74, 6) is 0.605. The van der Waals surface area contributed by atoms with Gasteiger partial charge in [-0.1, -0.05) is 39.5 Å². The maximum absolute atomic E-state index is 13.8. The molecule has 30 heavy (non-hydrogen) atoms. The van der Waals surface area contributed by atoms with Gasteiger partial charge in [0.2, 0.25) is 0 Å². The first-order chi connectivity index (χ1) is 14.0. The minimum atomic E-state index is -4.43. The Hall–Kier alpha value is -2.63. The SMILES string of the molecule is C=C(Nc1cc(C(C)(C)C)ccc1OC)c1ccc(N2CCCC2)c(C(F)(F)F)c1. The van der Waals surface area contributed by atoms with Gasteiger partial charge >= 0.3 is 6.18 Å². The monoisotopic (exact) mass is 418 g/mol. The predicted molar refractivity (Wildman–Crippen MR) is 117 cm³/mol. The molecule has 1 saturated heterocycles. The van der Waals surface area contributed by atoms with Gasteiger partial charge in [-0.05, 0) is 53.6 Å². The molecule has 1 fully saturated rings. The maximum atomic E-state index is 13.8. The summed E-state index contributed by atoms with van der Waals surface area (Å²) >= 11 is 0. The molecule has 0 atom stereocenters. The van der Waals surface area contributed by atoms with Gasteiger partial charge in [-0.15, -0.1) is 0 Å². The lowest BCUT2D eigenvalue weighted by atomic mass is 9.86. The van der Waals surface area contributed by atoms with Crippen molar-refractivity contribution in [3.8, 4) is 5.75 Å². The van der Waals surface area contributed by atoms with Crippen LogP contribution in [0.15, 0.2) is 43.0 Å². The Kier molecular flexibility index (Phi) is 6.06. The molecule has 0 amide bonds. The van der Waals surface area contributed by atoms with Crippen molar-refractivity contribution < 1.29 is 17.9 Å². The molecular formula is C24H29F3N2O. The van der Waals surface area contributed by atoms with Crippen LogP contribution < -0.4 is 15.0 Å². The first-order valence-electron chi connectivity index (χ1n) is 10.1. The summed E-state index contributed by atoms with van der Waals surface area (Å²) in [5.41, 5.74) is 2.08. The minimum absolute atomic E-state index is 0.0785. The quantitative estimate of drug-likeness (QED) is 0.585. The van der Waals surface area contributed by atoms with Crippen LogP contribution in [-0.2, 0) is 11.6 Å². The summed E-state index contributed by atoms with van der Waals surface area (Å²) < 4.78 is 46.8. The average molecular weight is 419 g/mol. The molecule has 2 aromatic carbocycles. The minimum Gasteiger partial charge on any atom is -0.495 e. The second kappa shape index (κ2) is 8.25. The number of nitrogens with one attached hydrogen (secondary N) is 1. The van der Waals surface area contributed by atoms with E-state index in [4.69, 9.17) is 4.74 Å². The summed E-state index contributed by atoms with van der Waals surface area (Å²) in [6.07, 6.45) is -2.60. The molecule has 0 aromatic heterocycles. The lowest BCUT2D eigenvalue weighted by Gasteiger charge is -2.24. The van der Waals surface area contributed by atoms with E-state index < -0.39 is 11.7 Å². The van der Waals surface area contributed by atoms with E-state index in [2.05, 4.69) is 32.7 Å². The topological polar surface area (TPSA) is 24.5 Å². The average Bonchev–Trinajstić information content (AvgIpc) is 3.20. The first-order valence-corrected chi connectivity index (χ1v) is 10.1. The Labute approximate surface area is 176 Å². The molecule has 6 heteroatoms. The van der Waals surface area contributed by atoms with Crippen molar-refractivity contribution in [2.75, 3.05) is 30.4 Å². The van der Waals surface area contributed by atoms with Crippen molar-refractivity contribution in [1.82, 2.24) is 0 Å². The van der Waals surface area contributed by atoms with E-state index in [1.165, 1.54) is 6.07 Å². The third-order valence-electron chi connectivity index (χ3n) is 5.45. The van der Waals surface area contributed by atoms with Gasteiger partial charge < -0.3 is 15.0 Å². The number of hydrogen-bond acceptors (Lipinski definition) is 3. The lowest BCUT2D eigenvalue weighted by Crippen LogP contribution is -2.22. The Morgan fingerprint density at radius 2 is 1.70 bits per heavy atom. The fourth-order valence-electron chi connectivity index (χ4n) is 3.69. The molecule has 3 nitrogen and oxygen atoms in total. The summed E-state index contributed by atoms with van der Waals surface area (Å²) in [5, 5.41) is 3.16. The third kappa shape index (κ3) is 4.74. The Morgan fingerprint density at radius 1 is 1.03 bits per heavy atom. The van der Waals surface area contributed by atoms with E-state index in [0.717, 1.165) is 18.4 Å². The van der Waals surface area contributed by atoms with Crippen LogP contribution in [0.1, 0.15) is 50.3 Å². The first kappa shape index (κ1) is 22.1. The van der Waals surface area contributed by atoms with Crippen molar-refractivity contribution in [2.45, 2.75) is 45.2 Å². The molecule has 2 aromatic rings. The predicted octanol–water partition coefficient (Wildman–Crippen LogP) is 6.69. The molecule has 1 heterocycles. The van der Waals surface area contributed by atoms with Gasteiger partial charge in [-0.2, -0.15) is 13.2 Å². The van der Waals surface area contributed by atoms with Gasteiger partial charge in [0, 0.05) is 24.5 Å². The molecule has 0 spiro atoms. The maximum Gasteiger partial charge on any atom is 0.418 e. The van der Waals surface area contributed by atoms with Crippen LogP contribution in [-0.4, -0.2) is 20.2 Å². The zero-order valence-electron chi connectivity index (χ0n) is 18.0. The summed E-state index contributed by atoms with van der Waals surface area (Å²) in [6.45, 7) is 11.6. The molecule has 0 bridgehead atoms. The third-order valence-corrected chi connectivity index (χ3v) is 5.45. The van der Waals surface area contributed by atoms with E-state index in [0.29, 0.717) is 35.8 Å². The van der Waals surface area contributed by atoms with Gasteiger partial charge in [0.1, 0.15) is 5.75 Å². The molecule has 0 aliphatic carbocycles. The van der Waals surface area contributed by atoms with Crippen molar-refractivity contribution in [2.24, 2.45) is 0 Å². The molecule has 0 unspecified atom stereocenters. The van der Waals surface area contributed by atoms with E-state index in [9.17, 15) is 13.2 Å². The van der Waals surface area contributed by atoms with Crippen molar-refractivity contribution in [3.05, 3.63) is 59.7 Å². The molecule has 0 saturated carbocycles. The number of benzene rings is 2. The second-order valence-corrected chi connectivity index (χ2v) is 8.69. The summed E-state index contributed by atoms with van der Waals surface area (Å²) in [7, 11) is 1.56. The Morgan fingerprint density at radius 3 is 2.27 bits per heavy atom. The normalized spacial score (nSPS) is 14.7. The van der Waals surface area contributed by atoms with Crippen LogP contribution in [0.25, 0.3) is 5.70 Å². The Balaban J connectivity index is 1.94. The van der Waals surface area contributed by atoms with Crippen LogP contribution in [0, 0.1) is 0 Å². The van der Waals surface area contributed by atoms with Gasteiger partial charge in [0.25, 0.3) is 0 Å². The molecule has 3 rings (SSSR count). The lowest BCUT2D eigenvalue weighted by molar-refractivity contribution is -0.137. The van der Waals surface area contributed by atoms with Crippen molar-refractivity contribution in [3.63, 3.8) is 0 Å². The van der Waals surface area contributed by atoms with E-state index in [1.54, 1.807) is 24.1 Å². The highest BCUT2D eigenvalue weighted by Crippen LogP contribution is 2.40. The molecule has 162 valence electrons. The van der Waals surface area contributed by atoms with Crippen molar-refractivity contribution in [1.29, 1.82) is 0 Å². The number of rotatable bonds is 5. The van der Waals surface area contributed by atoms with Gasteiger partial charge in [-0.3, -0.25) is 0 Å². The van der Waals surface area contributed by atoms with Crippen LogP contribution in [0.4, 0.5) is 24.5 Å². The highest BCUT2D eigenvalue weighted by Gasteiger charge is 2.36.